The molecule has 39 heavy (non-hydrogen) atoms. The summed E-state index contributed by atoms with van der Waals surface area (Å²) in [6.07, 6.45) is 21.3. The number of nitrogens with zero attached hydrogens (tertiary/aromatic N) is 1. The average molecular weight is 503 g/mol. The summed E-state index contributed by atoms with van der Waals surface area (Å²) in [5.74, 6) is 3.64. The molecule has 0 fully saturated rings. The first-order chi connectivity index (χ1) is 19.3. The standard InChI is InChI=1S/C35H26BNO2/c1-3-9-24(10-4-1)27-13-7-15-29-34(27)38-31-21-26(23-17-19-37-20-18-23)22-32-33(31)36(29)30-16-8-14-28(35(30)39-32)25-11-5-2-6-12-25/h1,3,5,7-9,11-22H,2,4,6,10H2. The summed E-state index contributed by atoms with van der Waals surface area (Å²) >= 11 is 0. The molecule has 4 heteroatoms. The van der Waals surface area contributed by atoms with Crippen molar-refractivity contribution >= 4 is 34.2 Å². The molecule has 0 atom stereocenters. The molecule has 1 aromatic heterocycles. The Bertz CT molecular complexity index is 1760. The molecule has 0 amide bonds. The van der Waals surface area contributed by atoms with Crippen molar-refractivity contribution in [3.8, 4) is 34.1 Å². The summed E-state index contributed by atoms with van der Waals surface area (Å²) in [5.41, 5.74) is 10.5. The summed E-state index contributed by atoms with van der Waals surface area (Å²) in [7, 11) is 0. The van der Waals surface area contributed by atoms with E-state index in [0.29, 0.717) is 0 Å². The van der Waals surface area contributed by atoms with E-state index in [-0.39, 0.29) is 6.71 Å². The summed E-state index contributed by atoms with van der Waals surface area (Å²) in [6.45, 7) is 0.0294. The van der Waals surface area contributed by atoms with Crippen molar-refractivity contribution in [3.63, 3.8) is 0 Å². The highest BCUT2D eigenvalue weighted by Gasteiger charge is 2.42. The number of para-hydroxylation sites is 2. The van der Waals surface area contributed by atoms with E-state index in [9.17, 15) is 0 Å². The van der Waals surface area contributed by atoms with Gasteiger partial charge in [-0.2, -0.15) is 0 Å². The third kappa shape index (κ3) is 3.63. The quantitative estimate of drug-likeness (QED) is 0.245. The van der Waals surface area contributed by atoms with Crippen molar-refractivity contribution in [3.05, 3.63) is 121 Å². The Hall–Kier alpha value is -4.57. The van der Waals surface area contributed by atoms with Crippen LogP contribution < -0.4 is 25.9 Å². The molecule has 3 aromatic carbocycles. The lowest BCUT2D eigenvalue weighted by atomic mass is 9.34. The molecule has 4 aliphatic rings. The van der Waals surface area contributed by atoms with E-state index in [0.717, 1.165) is 70.8 Å². The number of fused-ring (bicyclic) bond motifs is 4. The van der Waals surface area contributed by atoms with Gasteiger partial charge in [0.15, 0.2) is 0 Å². The van der Waals surface area contributed by atoms with Crippen LogP contribution in [0.3, 0.4) is 0 Å². The second-order valence-corrected chi connectivity index (χ2v) is 10.5. The monoisotopic (exact) mass is 503 g/mol. The molecular formula is C35H26BNO2. The first-order valence-electron chi connectivity index (χ1n) is 13.8. The van der Waals surface area contributed by atoms with Gasteiger partial charge in [-0.05, 0) is 83.1 Å². The van der Waals surface area contributed by atoms with E-state index >= 15 is 0 Å². The van der Waals surface area contributed by atoms with Gasteiger partial charge < -0.3 is 9.47 Å². The summed E-state index contributed by atoms with van der Waals surface area (Å²) < 4.78 is 13.7. The van der Waals surface area contributed by atoms with Crippen LogP contribution in [0.5, 0.6) is 23.0 Å². The van der Waals surface area contributed by atoms with Crippen molar-refractivity contribution in [1.29, 1.82) is 0 Å². The number of benzene rings is 3. The SMILES string of the molecule is C1=CCCC(c2cccc3c2Oc2cc(-c4ccncc4)cc4c2B3c2cccc(C3=CCCC=C3)c2O4)=C1. The number of hydrogen-bond donors (Lipinski definition) is 0. The highest BCUT2D eigenvalue weighted by Crippen LogP contribution is 2.43. The molecule has 2 aliphatic carbocycles. The van der Waals surface area contributed by atoms with Crippen LogP contribution in [0.15, 0.2) is 110 Å². The van der Waals surface area contributed by atoms with Crippen LogP contribution in [0.1, 0.15) is 36.8 Å². The van der Waals surface area contributed by atoms with E-state index in [1.165, 1.54) is 27.6 Å². The lowest BCUT2D eigenvalue weighted by Gasteiger charge is -2.35. The molecule has 0 radical (unpaired) electrons. The zero-order chi connectivity index (χ0) is 25.8. The minimum atomic E-state index is 0.0294. The first kappa shape index (κ1) is 22.4. The smallest absolute Gasteiger partial charge is 0.260 e. The zero-order valence-corrected chi connectivity index (χ0v) is 21.6. The van der Waals surface area contributed by atoms with Crippen molar-refractivity contribution in [2.24, 2.45) is 0 Å². The molecule has 186 valence electrons. The van der Waals surface area contributed by atoms with Crippen molar-refractivity contribution in [2.45, 2.75) is 25.7 Å². The van der Waals surface area contributed by atoms with E-state index in [1.54, 1.807) is 0 Å². The van der Waals surface area contributed by atoms with Gasteiger partial charge in [0, 0.05) is 29.0 Å². The number of hydrogen-bond acceptors (Lipinski definition) is 3. The van der Waals surface area contributed by atoms with E-state index in [1.807, 2.05) is 24.5 Å². The van der Waals surface area contributed by atoms with Crippen LogP contribution in [-0.2, 0) is 0 Å². The molecule has 0 saturated heterocycles. The van der Waals surface area contributed by atoms with Gasteiger partial charge in [0.25, 0.3) is 6.71 Å². The fourth-order valence-electron chi connectivity index (χ4n) is 6.38. The highest BCUT2D eigenvalue weighted by atomic mass is 16.5. The predicted molar refractivity (Wildman–Crippen MR) is 160 cm³/mol. The predicted octanol–water partition coefficient (Wildman–Crippen LogP) is 6.94. The van der Waals surface area contributed by atoms with Gasteiger partial charge >= 0.3 is 0 Å². The van der Waals surface area contributed by atoms with E-state index in [2.05, 4.69) is 90.0 Å². The lowest BCUT2D eigenvalue weighted by molar-refractivity contribution is 0.463. The third-order valence-electron chi connectivity index (χ3n) is 8.21. The summed E-state index contributed by atoms with van der Waals surface area (Å²) in [6, 6.07) is 21.6. The van der Waals surface area contributed by atoms with Crippen LogP contribution in [0.4, 0.5) is 0 Å². The Morgan fingerprint density at radius 1 is 0.718 bits per heavy atom. The molecule has 0 saturated carbocycles. The largest absolute Gasteiger partial charge is 0.458 e. The van der Waals surface area contributed by atoms with E-state index in [4.69, 9.17) is 9.47 Å². The molecule has 3 heterocycles. The Balaban J connectivity index is 1.39. The summed E-state index contributed by atoms with van der Waals surface area (Å²) in [5, 5.41) is 0. The maximum absolute atomic E-state index is 6.85. The molecule has 0 bridgehead atoms. The Morgan fingerprint density at radius 2 is 1.46 bits per heavy atom. The topological polar surface area (TPSA) is 31.4 Å². The number of ether oxygens (including phenoxy) is 2. The number of allylic oxidation sites excluding steroid dienone is 8. The van der Waals surface area contributed by atoms with Crippen molar-refractivity contribution in [1.82, 2.24) is 4.98 Å². The molecule has 2 aliphatic heterocycles. The van der Waals surface area contributed by atoms with Gasteiger partial charge in [-0.3, -0.25) is 4.98 Å². The van der Waals surface area contributed by atoms with Crippen LogP contribution >= 0.6 is 0 Å². The lowest BCUT2D eigenvalue weighted by Crippen LogP contribution is -2.57. The normalized spacial score (nSPS) is 16.3. The Morgan fingerprint density at radius 3 is 2.15 bits per heavy atom. The summed E-state index contributed by atoms with van der Waals surface area (Å²) in [4.78, 5) is 4.22. The molecule has 8 rings (SSSR count). The zero-order valence-electron chi connectivity index (χ0n) is 21.6. The number of aromatic nitrogens is 1. The minimum Gasteiger partial charge on any atom is -0.458 e. The fourth-order valence-corrected chi connectivity index (χ4v) is 6.38. The van der Waals surface area contributed by atoms with E-state index < -0.39 is 0 Å². The van der Waals surface area contributed by atoms with Gasteiger partial charge in [0.2, 0.25) is 0 Å². The van der Waals surface area contributed by atoms with Crippen LogP contribution in [-0.4, -0.2) is 11.7 Å². The van der Waals surface area contributed by atoms with Crippen LogP contribution in [0, 0.1) is 0 Å². The molecule has 4 aromatic rings. The minimum absolute atomic E-state index is 0.0294. The van der Waals surface area contributed by atoms with Gasteiger partial charge in [-0.25, -0.2) is 0 Å². The number of pyridine rings is 1. The molecule has 0 spiro atoms. The molecule has 0 N–H and O–H groups in total. The van der Waals surface area contributed by atoms with Crippen molar-refractivity contribution < 1.29 is 9.47 Å². The maximum Gasteiger partial charge on any atom is 0.260 e. The highest BCUT2D eigenvalue weighted by molar-refractivity contribution is 6.98. The molecule has 3 nitrogen and oxygen atoms in total. The van der Waals surface area contributed by atoms with Gasteiger partial charge in [0.1, 0.15) is 23.0 Å². The van der Waals surface area contributed by atoms with Crippen LogP contribution in [0.2, 0.25) is 0 Å². The van der Waals surface area contributed by atoms with Gasteiger partial charge in [-0.1, -0.05) is 72.9 Å². The molecule has 0 unspecified atom stereocenters. The second kappa shape index (κ2) is 9.02. The first-order valence-corrected chi connectivity index (χ1v) is 13.8. The maximum atomic E-state index is 6.85. The Labute approximate surface area is 228 Å². The average Bonchev–Trinajstić information content (AvgIpc) is 3.01. The van der Waals surface area contributed by atoms with Crippen LogP contribution in [0.25, 0.3) is 22.3 Å². The third-order valence-corrected chi connectivity index (χ3v) is 8.21. The van der Waals surface area contributed by atoms with Gasteiger partial charge in [0.05, 0.1) is 0 Å². The second-order valence-electron chi connectivity index (χ2n) is 10.5. The fraction of sp³-hybridized carbons (Fsp3) is 0.114. The number of rotatable bonds is 3. The molecular weight excluding hydrogens is 477 g/mol. The van der Waals surface area contributed by atoms with Crippen molar-refractivity contribution in [2.75, 3.05) is 0 Å². The van der Waals surface area contributed by atoms with Gasteiger partial charge in [-0.15, -0.1) is 0 Å². The Kier molecular flexibility index (Phi) is 5.19.